The number of pyridine rings is 1. The van der Waals surface area contributed by atoms with E-state index in [4.69, 9.17) is 5.26 Å². The first-order valence-electron chi connectivity index (χ1n) is 9.26. The molecule has 1 amide bonds. The first-order chi connectivity index (χ1) is 13.8. The highest BCUT2D eigenvalue weighted by molar-refractivity contribution is 7.88. The second kappa shape index (κ2) is 7.13. The van der Waals surface area contributed by atoms with E-state index in [2.05, 4.69) is 5.32 Å². The average Bonchev–Trinajstić information content (AvgIpc) is 2.69. The Morgan fingerprint density at radius 1 is 1.14 bits per heavy atom. The third kappa shape index (κ3) is 3.69. The summed E-state index contributed by atoms with van der Waals surface area (Å²) in [6, 6.07) is 11.5. The molecule has 9 heteroatoms. The number of fused-ring (bicyclic) bond motifs is 4. The van der Waals surface area contributed by atoms with Gasteiger partial charge in [0.25, 0.3) is 11.5 Å². The number of hydrogen-bond donors (Lipinski definition) is 1. The zero-order chi connectivity index (χ0) is 20.8. The highest BCUT2D eigenvalue weighted by Gasteiger charge is 2.37. The van der Waals surface area contributed by atoms with Crippen LogP contribution >= 0.6 is 0 Å². The molecule has 2 atom stereocenters. The van der Waals surface area contributed by atoms with E-state index in [9.17, 15) is 18.0 Å². The van der Waals surface area contributed by atoms with Gasteiger partial charge in [-0.2, -0.15) is 5.26 Å². The Balaban J connectivity index is 1.60. The van der Waals surface area contributed by atoms with E-state index in [1.807, 2.05) is 6.07 Å². The van der Waals surface area contributed by atoms with E-state index in [-0.39, 0.29) is 23.1 Å². The van der Waals surface area contributed by atoms with Gasteiger partial charge in [0.1, 0.15) is 5.69 Å². The second-order valence-electron chi connectivity index (χ2n) is 7.61. The van der Waals surface area contributed by atoms with Gasteiger partial charge in [0.2, 0.25) is 10.0 Å². The molecule has 1 aromatic heterocycles. The minimum atomic E-state index is -3.27. The highest BCUT2D eigenvalue weighted by Crippen LogP contribution is 2.36. The number of benzene rings is 1. The molecule has 1 N–H and O–H groups in total. The van der Waals surface area contributed by atoms with Crippen molar-refractivity contribution in [3.63, 3.8) is 0 Å². The molecule has 1 fully saturated rings. The molecule has 2 aliphatic heterocycles. The van der Waals surface area contributed by atoms with Crippen molar-refractivity contribution in [2.75, 3.05) is 24.7 Å². The first kappa shape index (κ1) is 19.4. The van der Waals surface area contributed by atoms with Crippen molar-refractivity contribution >= 4 is 21.6 Å². The molecule has 1 saturated heterocycles. The SMILES string of the molecule is CS(=O)(=O)N1C[C@H]2C[C@H](C1)c1ccc(NC(=O)c3ccc(C#N)cc3)c(=O)n1C2. The quantitative estimate of drug-likeness (QED) is 0.818. The molecule has 2 aliphatic rings. The van der Waals surface area contributed by atoms with Crippen molar-refractivity contribution in [3.05, 3.63) is 63.6 Å². The maximum Gasteiger partial charge on any atom is 0.274 e. The Labute approximate surface area is 168 Å². The molecule has 1 aromatic carbocycles. The van der Waals surface area contributed by atoms with Crippen LogP contribution in [0, 0.1) is 17.2 Å². The van der Waals surface area contributed by atoms with Crippen LogP contribution in [-0.4, -0.2) is 42.5 Å². The molecule has 2 aromatic rings. The summed E-state index contributed by atoms with van der Waals surface area (Å²) in [5.41, 5.74) is 1.50. The Hall–Kier alpha value is -2.96. The van der Waals surface area contributed by atoms with Crippen LogP contribution in [0.1, 0.15) is 34.0 Å². The molecule has 0 unspecified atom stereocenters. The lowest BCUT2D eigenvalue weighted by Crippen LogP contribution is -2.49. The standard InChI is InChI=1S/C20H20N4O4S/c1-29(27,28)23-10-14-8-16(12-23)18-7-6-17(20(26)24(18)11-14)22-19(25)15-4-2-13(9-21)3-5-15/h2-7,14,16H,8,10-12H2,1H3,(H,22,25)/t14-,16-/m1/s1. The van der Waals surface area contributed by atoms with Crippen molar-refractivity contribution in [3.8, 4) is 6.07 Å². The fourth-order valence-electron chi connectivity index (χ4n) is 4.16. The van der Waals surface area contributed by atoms with Crippen LogP contribution < -0.4 is 10.9 Å². The van der Waals surface area contributed by atoms with E-state index in [1.165, 1.54) is 22.7 Å². The summed E-state index contributed by atoms with van der Waals surface area (Å²) in [6.45, 7) is 1.20. The van der Waals surface area contributed by atoms with Crippen LogP contribution in [0.15, 0.2) is 41.2 Å². The van der Waals surface area contributed by atoms with Gasteiger partial charge in [-0.15, -0.1) is 0 Å². The van der Waals surface area contributed by atoms with Gasteiger partial charge in [-0.25, -0.2) is 12.7 Å². The number of anilines is 1. The van der Waals surface area contributed by atoms with Gasteiger partial charge < -0.3 is 9.88 Å². The van der Waals surface area contributed by atoms with Crippen LogP contribution in [0.2, 0.25) is 0 Å². The number of nitriles is 1. The predicted molar refractivity (Wildman–Crippen MR) is 107 cm³/mol. The molecule has 150 valence electrons. The van der Waals surface area contributed by atoms with Crippen LogP contribution in [0.3, 0.4) is 0 Å². The average molecular weight is 412 g/mol. The largest absolute Gasteiger partial charge is 0.317 e. The monoisotopic (exact) mass is 412 g/mol. The van der Waals surface area contributed by atoms with Gasteiger partial charge in [-0.05, 0) is 48.7 Å². The van der Waals surface area contributed by atoms with E-state index in [0.29, 0.717) is 30.8 Å². The van der Waals surface area contributed by atoms with Crippen molar-refractivity contribution in [1.29, 1.82) is 5.26 Å². The molecule has 8 nitrogen and oxygen atoms in total. The van der Waals surface area contributed by atoms with Gasteiger partial charge in [0, 0.05) is 36.8 Å². The number of nitrogens with zero attached hydrogens (tertiary/aromatic N) is 3. The van der Waals surface area contributed by atoms with Gasteiger partial charge in [-0.1, -0.05) is 0 Å². The minimum absolute atomic E-state index is 0.0341. The van der Waals surface area contributed by atoms with E-state index in [1.54, 1.807) is 28.8 Å². The summed E-state index contributed by atoms with van der Waals surface area (Å²) in [6.07, 6.45) is 2.06. The predicted octanol–water partition coefficient (Wildman–Crippen LogP) is 1.35. The number of nitrogens with one attached hydrogen (secondary N) is 1. The third-order valence-electron chi connectivity index (χ3n) is 5.56. The molecule has 0 saturated carbocycles. The number of carbonyl (C=O) groups excluding carboxylic acids is 1. The Morgan fingerprint density at radius 2 is 1.86 bits per heavy atom. The Kier molecular flexibility index (Phi) is 4.76. The maximum absolute atomic E-state index is 13.0. The van der Waals surface area contributed by atoms with E-state index in [0.717, 1.165) is 12.1 Å². The lowest BCUT2D eigenvalue weighted by atomic mass is 9.84. The molecule has 4 rings (SSSR count). The number of rotatable bonds is 3. The van der Waals surface area contributed by atoms with Gasteiger partial charge in [-0.3, -0.25) is 9.59 Å². The molecule has 0 spiro atoms. The summed E-state index contributed by atoms with van der Waals surface area (Å²) < 4.78 is 27.0. The zero-order valence-electron chi connectivity index (χ0n) is 15.8. The van der Waals surface area contributed by atoms with Crippen molar-refractivity contribution in [1.82, 2.24) is 8.87 Å². The number of aromatic nitrogens is 1. The minimum Gasteiger partial charge on any atom is -0.317 e. The smallest absolute Gasteiger partial charge is 0.274 e. The molecule has 2 bridgehead atoms. The topological polar surface area (TPSA) is 112 Å². The summed E-state index contributed by atoms with van der Waals surface area (Å²) >= 11 is 0. The third-order valence-corrected chi connectivity index (χ3v) is 6.80. The summed E-state index contributed by atoms with van der Waals surface area (Å²) in [7, 11) is -3.27. The lowest BCUT2D eigenvalue weighted by Gasteiger charge is -2.41. The van der Waals surface area contributed by atoms with E-state index < -0.39 is 15.9 Å². The molecule has 0 radical (unpaired) electrons. The molecular weight excluding hydrogens is 392 g/mol. The van der Waals surface area contributed by atoms with Gasteiger partial charge in [0.05, 0.1) is 17.9 Å². The van der Waals surface area contributed by atoms with Crippen LogP contribution in [0.5, 0.6) is 0 Å². The normalized spacial score (nSPS) is 21.1. The number of hydrogen-bond acceptors (Lipinski definition) is 5. The number of amides is 1. The Morgan fingerprint density at radius 3 is 2.52 bits per heavy atom. The molecule has 3 heterocycles. The van der Waals surface area contributed by atoms with Crippen LogP contribution in [0.4, 0.5) is 5.69 Å². The number of sulfonamides is 1. The summed E-state index contributed by atoms with van der Waals surface area (Å²) in [5, 5.41) is 11.5. The molecule has 0 aliphatic carbocycles. The maximum atomic E-state index is 13.0. The highest BCUT2D eigenvalue weighted by atomic mass is 32.2. The van der Waals surface area contributed by atoms with E-state index >= 15 is 0 Å². The van der Waals surface area contributed by atoms with Crippen LogP contribution in [-0.2, 0) is 16.6 Å². The van der Waals surface area contributed by atoms with Crippen LogP contribution in [0.25, 0.3) is 0 Å². The Bertz CT molecular complexity index is 1180. The van der Waals surface area contributed by atoms with Gasteiger partial charge in [0.15, 0.2) is 0 Å². The fraction of sp³-hybridized carbons (Fsp3) is 0.350. The number of piperidine rings is 1. The molecular formula is C20H20N4O4S. The van der Waals surface area contributed by atoms with Crippen molar-refractivity contribution < 1.29 is 13.2 Å². The van der Waals surface area contributed by atoms with Crippen molar-refractivity contribution in [2.24, 2.45) is 5.92 Å². The lowest BCUT2D eigenvalue weighted by molar-refractivity contribution is 0.102. The fourth-order valence-corrected chi connectivity index (χ4v) is 5.09. The second-order valence-corrected chi connectivity index (χ2v) is 9.59. The zero-order valence-corrected chi connectivity index (χ0v) is 16.6. The number of carbonyl (C=O) groups is 1. The first-order valence-corrected chi connectivity index (χ1v) is 11.1. The summed E-state index contributed by atoms with van der Waals surface area (Å²) in [5.74, 6) is -0.391. The summed E-state index contributed by atoms with van der Waals surface area (Å²) in [4.78, 5) is 25.4. The van der Waals surface area contributed by atoms with Crippen molar-refractivity contribution in [2.45, 2.75) is 18.9 Å². The molecule has 29 heavy (non-hydrogen) atoms. The van der Waals surface area contributed by atoms with Gasteiger partial charge >= 0.3 is 0 Å².